The molecule has 1 saturated heterocycles. The lowest BCUT2D eigenvalue weighted by molar-refractivity contribution is 0.113. The van der Waals surface area contributed by atoms with Gasteiger partial charge in [0, 0.05) is 24.5 Å². The molecule has 1 fully saturated rings. The molecule has 26 heavy (non-hydrogen) atoms. The molecule has 0 radical (unpaired) electrons. The maximum Gasteiger partial charge on any atom is 0.158 e. The van der Waals surface area contributed by atoms with Crippen molar-refractivity contribution in [3.63, 3.8) is 0 Å². The Morgan fingerprint density at radius 1 is 0.885 bits per heavy atom. The van der Waals surface area contributed by atoms with Gasteiger partial charge in [0.1, 0.15) is 11.5 Å². The number of methoxy groups -OCH3 is 2. The van der Waals surface area contributed by atoms with Crippen molar-refractivity contribution in [3.8, 4) is 17.2 Å². The van der Waals surface area contributed by atoms with Crippen molar-refractivity contribution in [2.45, 2.75) is 6.23 Å². The predicted molar refractivity (Wildman–Crippen MR) is 101 cm³/mol. The maximum atomic E-state index is 6.04. The van der Waals surface area contributed by atoms with Gasteiger partial charge in [0.25, 0.3) is 0 Å². The molecule has 0 N–H and O–H groups in total. The number of hydrogen-bond donors (Lipinski definition) is 0. The van der Waals surface area contributed by atoms with Gasteiger partial charge in [-0.3, -0.25) is 0 Å². The summed E-state index contributed by atoms with van der Waals surface area (Å²) in [6.07, 6.45) is 3.99. The van der Waals surface area contributed by atoms with Crippen LogP contribution in [0.25, 0.3) is 5.69 Å². The molecule has 3 aromatic rings. The minimum absolute atomic E-state index is 0.137. The Morgan fingerprint density at radius 2 is 1.54 bits per heavy atom. The predicted octanol–water partition coefficient (Wildman–Crippen LogP) is 4.03. The van der Waals surface area contributed by atoms with Crippen LogP contribution in [-0.2, 0) is 4.74 Å². The largest absolute Gasteiger partial charge is 0.495 e. The van der Waals surface area contributed by atoms with E-state index in [9.17, 15) is 0 Å². The first-order valence-corrected chi connectivity index (χ1v) is 8.64. The van der Waals surface area contributed by atoms with E-state index in [4.69, 9.17) is 14.2 Å². The maximum absolute atomic E-state index is 6.04. The standard InChI is InChI=1S/C21H22N2O3/c1-24-19-9-5-3-7-17(19)22-12-11-16(15-22)21-23(13-14-26-21)18-8-4-6-10-20(18)25-2/h3-12,15,21H,13-14H2,1-2H3/t21-/m1/s1. The van der Waals surface area contributed by atoms with E-state index < -0.39 is 0 Å². The molecule has 1 atom stereocenters. The summed E-state index contributed by atoms with van der Waals surface area (Å²) in [5.74, 6) is 1.69. The lowest BCUT2D eigenvalue weighted by atomic mass is 10.2. The molecule has 0 unspecified atom stereocenters. The van der Waals surface area contributed by atoms with Crippen molar-refractivity contribution in [3.05, 3.63) is 72.6 Å². The van der Waals surface area contributed by atoms with E-state index in [1.807, 2.05) is 48.7 Å². The second-order valence-corrected chi connectivity index (χ2v) is 6.11. The molecule has 4 rings (SSSR count). The van der Waals surface area contributed by atoms with Gasteiger partial charge in [-0.05, 0) is 30.3 Å². The number of para-hydroxylation sites is 4. The minimum Gasteiger partial charge on any atom is -0.495 e. The SMILES string of the molecule is COc1ccccc1N1CCO[C@@H]1c1ccn(-c2ccccc2OC)c1. The van der Waals surface area contributed by atoms with Crippen molar-refractivity contribution < 1.29 is 14.2 Å². The van der Waals surface area contributed by atoms with Crippen molar-refractivity contribution in [1.29, 1.82) is 0 Å². The molecule has 1 aliphatic rings. The van der Waals surface area contributed by atoms with Crippen molar-refractivity contribution in [1.82, 2.24) is 4.57 Å². The third-order valence-electron chi connectivity index (χ3n) is 4.65. The number of benzene rings is 2. The average molecular weight is 350 g/mol. The van der Waals surface area contributed by atoms with E-state index in [1.54, 1.807) is 14.2 Å². The van der Waals surface area contributed by atoms with Crippen molar-refractivity contribution >= 4 is 5.69 Å². The molecule has 0 saturated carbocycles. The summed E-state index contributed by atoms with van der Waals surface area (Å²) in [5, 5.41) is 0. The first-order valence-electron chi connectivity index (χ1n) is 8.64. The van der Waals surface area contributed by atoms with Crippen LogP contribution in [0.1, 0.15) is 11.8 Å². The normalized spacial score (nSPS) is 16.7. The highest BCUT2D eigenvalue weighted by molar-refractivity contribution is 5.60. The second-order valence-electron chi connectivity index (χ2n) is 6.11. The molecule has 1 aromatic heterocycles. The van der Waals surface area contributed by atoms with Crippen LogP contribution < -0.4 is 14.4 Å². The molecule has 5 nitrogen and oxygen atoms in total. The van der Waals surface area contributed by atoms with Gasteiger partial charge in [0.15, 0.2) is 6.23 Å². The van der Waals surface area contributed by atoms with E-state index in [0.717, 1.165) is 35.0 Å². The summed E-state index contributed by atoms with van der Waals surface area (Å²) in [5.41, 5.74) is 3.14. The zero-order valence-electron chi connectivity index (χ0n) is 15.0. The highest BCUT2D eigenvalue weighted by atomic mass is 16.5. The third-order valence-corrected chi connectivity index (χ3v) is 4.65. The molecule has 0 amide bonds. The Balaban J connectivity index is 1.66. The van der Waals surface area contributed by atoms with E-state index in [0.29, 0.717) is 6.61 Å². The second kappa shape index (κ2) is 7.14. The molecule has 0 aliphatic carbocycles. The third kappa shape index (κ3) is 2.91. The van der Waals surface area contributed by atoms with Crippen LogP contribution in [0, 0.1) is 0 Å². The first kappa shape index (κ1) is 16.5. The zero-order valence-corrected chi connectivity index (χ0v) is 15.0. The van der Waals surface area contributed by atoms with Gasteiger partial charge in [-0.2, -0.15) is 0 Å². The van der Waals surface area contributed by atoms with E-state index in [-0.39, 0.29) is 6.23 Å². The van der Waals surface area contributed by atoms with Gasteiger partial charge in [0.2, 0.25) is 0 Å². The summed E-state index contributed by atoms with van der Waals surface area (Å²) < 4.78 is 19.1. The summed E-state index contributed by atoms with van der Waals surface area (Å²) in [7, 11) is 3.38. The minimum atomic E-state index is -0.137. The number of hydrogen-bond acceptors (Lipinski definition) is 4. The quantitative estimate of drug-likeness (QED) is 0.696. The number of rotatable bonds is 5. The van der Waals surface area contributed by atoms with Gasteiger partial charge in [-0.25, -0.2) is 0 Å². The molecule has 0 bridgehead atoms. The fourth-order valence-corrected chi connectivity index (χ4v) is 3.41. The topological polar surface area (TPSA) is 35.9 Å². The zero-order chi connectivity index (χ0) is 17.9. The molecular weight excluding hydrogens is 328 g/mol. The van der Waals surface area contributed by atoms with Crippen LogP contribution in [0.5, 0.6) is 11.5 Å². The Bertz CT molecular complexity index is 890. The van der Waals surface area contributed by atoms with Crippen molar-refractivity contribution in [2.24, 2.45) is 0 Å². The monoisotopic (exact) mass is 350 g/mol. The summed E-state index contributed by atoms with van der Waals surface area (Å²) in [4.78, 5) is 2.24. The van der Waals surface area contributed by atoms with Crippen LogP contribution in [0.2, 0.25) is 0 Å². The number of anilines is 1. The molecule has 1 aliphatic heterocycles. The first-order chi connectivity index (χ1) is 12.8. The fraction of sp³-hybridized carbons (Fsp3) is 0.238. The van der Waals surface area contributed by atoms with Crippen LogP contribution in [0.4, 0.5) is 5.69 Å². The highest BCUT2D eigenvalue weighted by Gasteiger charge is 2.29. The van der Waals surface area contributed by atoms with Crippen molar-refractivity contribution in [2.75, 3.05) is 32.3 Å². The van der Waals surface area contributed by atoms with E-state index in [1.165, 1.54) is 0 Å². The molecule has 134 valence electrons. The van der Waals surface area contributed by atoms with E-state index >= 15 is 0 Å². The highest BCUT2D eigenvalue weighted by Crippen LogP contribution is 2.38. The number of nitrogens with zero attached hydrogens (tertiary/aromatic N) is 2. The van der Waals surface area contributed by atoms with Crippen LogP contribution in [0.3, 0.4) is 0 Å². The summed E-state index contributed by atoms with van der Waals surface area (Å²) in [6, 6.07) is 18.1. The lowest BCUT2D eigenvalue weighted by Crippen LogP contribution is -2.23. The van der Waals surface area contributed by atoms with Gasteiger partial charge >= 0.3 is 0 Å². The van der Waals surface area contributed by atoms with Gasteiger partial charge in [-0.1, -0.05) is 24.3 Å². The molecular formula is C21H22N2O3. The fourth-order valence-electron chi connectivity index (χ4n) is 3.41. The van der Waals surface area contributed by atoms with Gasteiger partial charge in [0.05, 0.1) is 32.2 Å². The van der Waals surface area contributed by atoms with Gasteiger partial charge in [-0.15, -0.1) is 0 Å². The average Bonchev–Trinajstić information content (AvgIpc) is 3.37. The van der Waals surface area contributed by atoms with Crippen LogP contribution >= 0.6 is 0 Å². The smallest absolute Gasteiger partial charge is 0.158 e. The molecule has 0 spiro atoms. The summed E-state index contributed by atoms with van der Waals surface area (Å²) in [6.45, 7) is 1.51. The lowest BCUT2D eigenvalue weighted by Gasteiger charge is -2.26. The Hall–Kier alpha value is -2.92. The Labute approximate surface area is 153 Å². The molecule has 2 heterocycles. The van der Waals surface area contributed by atoms with E-state index in [2.05, 4.69) is 27.8 Å². The van der Waals surface area contributed by atoms with Gasteiger partial charge < -0.3 is 23.7 Å². The number of ether oxygens (including phenoxy) is 3. The van der Waals surface area contributed by atoms with Crippen LogP contribution in [0.15, 0.2) is 67.0 Å². The molecule has 2 aromatic carbocycles. The summed E-state index contributed by atoms with van der Waals surface area (Å²) >= 11 is 0. The Kier molecular flexibility index (Phi) is 4.54. The Morgan fingerprint density at radius 3 is 2.27 bits per heavy atom. The molecule has 5 heteroatoms. The van der Waals surface area contributed by atoms with Crippen LogP contribution in [-0.4, -0.2) is 31.9 Å². The number of aromatic nitrogens is 1.